The Labute approximate surface area is 157 Å². The smallest absolute Gasteiger partial charge is 0.280 e. The van der Waals surface area contributed by atoms with Crippen LogP contribution >= 0.6 is 27.5 Å². The van der Waals surface area contributed by atoms with Gasteiger partial charge in [-0.15, -0.1) is 0 Å². The molecule has 2 aliphatic rings. The Morgan fingerprint density at radius 3 is 2.96 bits per heavy atom. The van der Waals surface area contributed by atoms with Crippen molar-refractivity contribution in [3.05, 3.63) is 39.2 Å². The third-order valence-corrected chi connectivity index (χ3v) is 4.62. The summed E-state index contributed by atoms with van der Waals surface area (Å²) in [5, 5.41) is 5.91. The summed E-state index contributed by atoms with van der Waals surface area (Å²) in [6.45, 7) is 1.05. The molecule has 2 aliphatic heterocycles. The summed E-state index contributed by atoms with van der Waals surface area (Å²) in [5.41, 5.74) is 6.72. The molecule has 10 heteroatoms. The second kappa shape index (κ2) is 6.93. The first-order valence-corrected chi connectivity index (χ1v) is 8.64. The van der Waals surface area contributed by atoms with Crippen molar-refractivity contribution in [2.45, 2.75) is 0 Å². The second-order valence-electron chi connectivity index (χ2n) is 5.48. The van der Waals surface area contributed by atoms with E-state index >= 15 is 0 Å². The molecule has 0 aliphatic carbocycles. The largest absolute Gasteiger partial charge is 0.383 e. The minimum Gasteiger partial charge on any atom is -0.383 e. The number of halogens is 2. The molecule has 4 N–H and O–H groups in total. The van der Waals surface area contributed by atoms with Gasteiger partial charge in [-0.2, -0.15) is 0 Å². The van der Waals surface area contributed by atoms with Gasteiger partial charge in [-0.05, 0) is 18.2 Å². The molecule has 8 nitrogen and oxygen atoms in total. The van der Waals surface area contributed by atoms with E-state index < -0.39 is 0 Å². The van der Waals surface area contributed by atoms with Crippen LogP contribution in [0.4, 0.5) is 5.69 Å². The average Bonchev–Trinajstić information content (AvgIpc) is 3.05. The maximum atomic E-state index is 12.4. The van der Waals surface area contributed by atoms with Crippen molar-refractivity contribution in [1.82, 2.24) is 15.1 Å². The normalized spacial score (nSPS) is 16.8. The van der Waals surface area contributed by atoms with E-state index in [1.165, 1.54) is 4.90 Å². The maximum Gasteiger partial charge on any atom is 0.280 e. The van der Waals surface area contributed by atoms with E-state index in [0.29, 0.717) is 29.8 Å². The number of rotatable bonds is 4. The molecule has 0 bridgehead atoms. The highest BCUT2D eigenvalue weighted by molar-refractivity contribution is 9.10. The standard InChI is InChI=1S/C15H16BrClN6O2/c1-22-14(25)12(13(18)23-5-4-19-15(22)23)20-7-11(24)21-10-3-2-8(16)6-9(10)17/h2-3,6,20H,4-5,7,18H2,1H3,(H,21,24). The first-order chi connectivity index (χ1) is 11.9. The minimum absolute atomic E-state index is 0.123. The Morgan fingerprint density at radius 2 is 2.24 bits per heavy atom. The van der Waals surface area contributed by atoms with Gasteiger partial charge < -0.3 is 16.4 Å². The molecule has 1 aromatic carbocycles. The monoisotopic (exact) mass is 426 g/mol. The predicted molar refractivity (Wildman–Crippen MR) is 98.8 cm³/mol. The topological polar surface area (TPSA) is 103 Å². The highest BCUT2D eigenvalue weighted by atomic mass is 79.9. The van der Waals surface area contributed by atoms with E-state index in [1.54, 1.807) is 30.1 Å². The molecule has 0 spiro atoms. The summed E-state index contributed by atoms with van der Waals surface area (Å²) in [6, 6.07) is 5.13. The highest BCUT2D eigenvalue weighted by Gasteiger charge is 2.36. The number of guanidine groups is 1. The van der Waals surface area contributed by atoms with E-state index in [4.69, 9.17) is 17.3 Å². The van der Waals surface area contributed by atoms with Gasteiger partial charge >= 0.3 is 0 Å². The van der Waals surface area contributed by atoms with Gasteiger partial charge in [0.05, 0.1) is 23.8 Å². The summed E-state index contributed by atoms with van der Waals surface area (Å²) < 4.78 is 0.811. The van der Waals surface area contributed by atoms with Gasteiger partial charge in [0.25, 0.3) is 5.91 Å². The third-order valence-electron chi connectivity index (χ3n) is 3.81. The number of carbonyl (C=O) groups is 2. The molecule has 0 unspecified atom stereocenters. The zero-order valence-corrected chi connectivity index (χ0v) is 15.7. The molecule has 0 saturated carbocycles. The van der Waals surface area contributed by atoms with Crippen molar-refractivity contribution in [1.29, 1.82) is 0 Å². The van der Waals surface area contributed by atoms with Crippen LogP contribution < -0.4 is 16.4 Å². The molecule has 0 aromatic heterocycles. The van der Waals surface area contributed by atoms with Crippen molar-refractivity contribution in [2.24, 2.45) is 10.7 Å². The van der Waals surface area contributed by atoms with Crippen molar-refractivity contribution in [3.63, 3.8) is 0 Å². The molecular formula is C15H16BrClN6O2. The van der Waals surface area contributed by atoms with Crippen molar-refractivity contribution < 1.29 is 9.59 Å². The molecule has 0 radical (unpaired) electrons. The lowest BCUT2D eigenvalue weighted by molar-refractivity contribution is -0.124. The SMILES string of the molecule is CN1C(=O)C(NCC(=O)Nc2ccc(Br)cc2Cl)=C(N)N2CCN=C12. The van der Waals surface area contributed by atoms with E-state index in [-0.39, 0.29) is 29.9 Å². The number of nitrogens with two attached hydrogens (primary N) is 1. The van der Waals surface area contributed by atoms with E-state index in [9.17, 15) is 9.59 Å². The number of amides is 2. The fourth-order valence-electron chi connectivity index (χ4n) is 2.57. The number of benzene rings is 1. The second-order valence-corrected chi connectivity index (χ2v) is 6.81. The highest BCUT2D eigenvalue weighted by Crippen LogP contribution is 2.25. The predicted octanol–water partition coefficient (Wildman–Crippen LogP) is 0.902. The zero-order chi connectivity index (χ0) is 18.1. The molecule has 1 aromatic rings. The number of fused-ring (bicyclic) bond motifs is 1. The Kier molecular flexibility index (Phi) is 4.87. The van der Waals surface area contributed by atoms with Crippen LogP contribution in [0.3, 0.4) is 0 Å². The number of carbonyl (C=O) groups excluding carboxylic acids is 2. The molecule has 2 amide bonds. The Hall–Kier alpha value is -2.26. The van der Waals surface area contributed by atoms with Gasteiger partial charge in [0.1, 0.15) is 11.5 Å². The first kappa shape index (κ1) is 17.6. The van der Waals surface area contributed by atoms with Gasteiger partial charge in [0, 0.05) is 18.1 Å². The van der Waals surface area contributed by atoms with Gasteiger partial charge in [-0.3, -0.25) is 24.4 Å². The van der Waals surface area contributed by atoms with E-state index in [0.717, 1.165) is 4.47 Å². The van der Waals surface area contributed by atoms with Crippen molar-refractivity contribution in [2.75, 3.05) is 32.0 Å². The van der Waals surface area contributed by atoms with Crippen LogP contribution in [0.1, 0.15) is 0 Å². The Morgan fingerprint density at radius 1 is 1.48 bits per heavy atom. The summed E-state index contributed by atoms with van der Waals surface area (Å²) in [6.07, 6.45) is 0. The summed E-state index contributed by atoms with van der Waals surface area (Å²) >= 11 is 9.37. The first-order valence-electron chi connectivity index (χ1n) is 7.47. The summed E-state index contributed by atoms with van der Waals surface area (Å²) in [7, 11) is 1.62. The molecule has 0 atom stereocenters. The maximum absolute atomic E-state index is 12.4. The molecule has 2 heterocycles. The van der Waals surface area contributed by atoms with Crippen LogP contribution in [0.2, 0.25) is 5.02 Å². The van der Waals surface area contributed by atoms with Gasteiger partial charge in [-0.1, -0.05) is 27.5 Å². The van der Waals surface area contributed by atoms with Crippen LogP contribution in [0.5, 0.6) is 0 Å². The molecule has 132 valence electrons. The number of likely N-dealkylation sites (N-methyl/N-ethyl adjacent to an activating group) is 1. The van der Waals surface area contributed by atoms with Crippen LogP contribution in [0.25, 0.3) is 0 Å². The fourth-order valence-corrected chi connectivity index (χ4v) is 3.29. The number of nitrogens with zero attached hydrogens (tertiary/aromatic N) is 3. The Bertz CT molecular complexity index is 809. The van der Waals surface area contributed by atoms with Crippen molar-refractivity contribution >= 4 is 51.0 Å². The Balaban J connectivity index is 1.68. The van der Waals surface area contributed by atoms with Gasteiger partial charge in [-0.25, -0.2) is 0 Å². The van der Waals surface area contributed by atoms with Gasteiger partial charge in [0.2, 0.25) is 11.9 Å². The van der Waals surface area contributed by atoms with E-state index in [2.05, 4.69) is 31.6 Å². The fraction of sp³-hybridized carbons (Fsp3) is 0.267. The lowest BCUT2D eigenvalue weighted by atomic mass is 10.2. The number of aliphatic imine (C=N–C) groups is 1. The number of hydrogen-bond donors (Lipinski definition) is 3. The molecule has 0 saturated heterocycles. The average molecular weight is 428 g/mol. The van der Waals surface area contributed by atoms with Crippen LogP contribution in [-0.4, -0.2) is 54.3 Å². The van der Waals surface area contributed by atoms with E-state index in [1.807, 2.05) is 0 Å². The number of hydrogen-bond acceptors (Lipinski definition) is 6. The minimum atomic E-state index is -0.346. The van der Waals surface area contributed by atoms with Crippen LogP contribution in [-0.2, 0) is 9.59 Å². The third kappa shape index (κ3) is 3.42. The van der Waals surface area contributed by atoms with Crippen molar-refractivity contribution in [3.8, 4) is 0 Å². The molecule has 25 heavy (non-hydrogen) atoms. The quantitative estimate of drug-likeness (QED) is 0.662. The zero-order valence-electron chi connectivity index (χ0n) is 13.3. The van der Waals surface area contributed by atoms with Crippen LogP contribution in [0.15, 0.2) is 39.2 Å². The molecular weight excluding hydrogens is 412 g/mol. The number of nitrogens with one attached hydrogen (secondary N) is 2. The van der Waals surface area contributed by atoms with Gasteiger partial charge in [0.15, 0.2) is 0 Å². The summed E-state index contributed by atoms with van der Waals surface area (Å²) in [5.74, 6) is 0.123. The number of anilines is 1. The molecule has 0 fully saturated rings. The molecule has 3 rings (SSSR count). The van der Waals surface area contributed by atoms with Crippen LogP contribution in [0, 0.1) is 0 Å². The lowest BCUT2D eigenvalue weighted by Crippen LogP contribution is -2.53. The lowest BCUT2D eigenvalue weighted by Gasteiger charge is -2.33. The summed E-state index contributed by atoms with van der Waals surface area (Å²) in [4.78, 5) is 32.0.